The second kappa shape index (κ2) is 11.3. The first-order valence-corrected chi connectivity index (χ1v) is 12.7. The van der Waals surface area contributed by atoms with Gasteiger partial charge in [0.2, 0.25) is 0 Å². The maximum atomic E-state index is 13.5. The highest BCUT2D eigenvalue weighted by Gasteiger charge is 2.33. The van der Waals surface area contributed by atoms with Gasteiger partial charge in [0.15, 0.2) is 0 Å². The van der Waals surface area contributed by atoms with E-state index in [2.05, 4.69) is 54.7 Å². The van der Waals surface area contributed by atoms with Gasteiger partial charge in [0.1, 0.15) is 12.4 Å². The van der Waals surface area contributed by atoms with Crippen molar-refractivity contribution >= 4 is 29.5 Å². The summed E-state index contributed by atoms with van der Waals surface area (Å²) in [5.41, 5.74) is 3.14. The first kappa shape index (κ1) is 28.8. The predicted octanol–water partition coefficient (Wildman–Crippen LogP) is 3.22. The fourth-order valence-electron chi connectivity index (χ4n) is 5.00. The van der Waals surface area contributed by atoms with Crippen molar-refractivity contribution in [2.45, 2.75) is 72.5 Å². The summed E-state index contributed by atoms with van der Waals surface area (Å²) in [6.07, 6.45) is 3.77. The van der Waals surface area contributed by atoms with Crippen molar-refractivity contribution < 1.29 is 14.3 Å². The normalized spacial score (nSPS) is 15.8. The molecule has 0 radical (unpaired) electrons. The Morgan fingerprint density at radius 2 is 1.92 bits per heavy atom. The minimum atomic E-state index is -0.473. The monoisotopic (exact) mass is 522 g/mol. The van der Waals surface area contributed by atoms with E-state index in [0.717, 1.165) is 23.0 Å². The molecule has 3 heterocycles. The van der Waals surface area contributed by atoms with Crippen molar-refractivity contribution in [3.8, 4) is 0 Å². The van der Waals surface area contributed by atoms with Gasteiger partial charge < -0.3 is 31.1 Å². The maximum Gasteiger partial charge on any atom is 0.325 e. The predicted molar refractivity (Wildman–Crippen MR) is 149 cm³/mol. The number of amides is 1. The Morgan fingerprint density at radius 3 is 2.53 bits per heavy atom. The number of aromatic amines is 1. The van der Waals surface area contributed by atoms with E-state index in [1.807, 2.05) is 13.0 Å². The standard InChI is InChI=1S/C28H38N6O4/c1-8-38-23(35)15-30-24-20(13-29)19(25(36)31-14-21-16(2)9-17(3)32-26(21)37)10-22(33-24)18-11-27(4,5)34-28(6,7)12-18/h9-11,13,29,34H,8,12,14-15H2,1-7H3,(H,30,33)(H,31,36)(H,32,37). The molecular weight excluding hydrogens is 484 g/mol. The molecule has 1 amide bonds. The zero-order valence-electron chi connectivity index (χ0n) is 23.2. The Kier molecular flexibility index (Phi) is 8.56. The van der Waals surface area contributed by atoms with Crippen LogP contribution >= 0.6 is 0 Å². The van der Waals surface area contributed by atoms with Gasteiger partial charge in [-0.15, -0.1) is 0 Å². The van der Waals surface area contributed by atoms with Crippen LogP contribution in [0, 0.1) is 19.3 Å². The number of hydrogen-bond acceptors (Lipinski definition) is 8. The van der Waals surface area contributed by atoms with Crippen molar-refractivity contribution in [2.75, 3.05) is 18.5 Å². The van der Waals surface area contributed by atoms with Crippen molar-refractivity contribution in [1.82, 2.24) is 20.6 Å². The summed E-state index contributed by atoms with van der Waals surface area (Å²) >= 11 is 0. The third-order valence-electron chi connectivity index (χ3n) is 6.23. The zero-order valence-corrected chi connectivity index (χ0v) is 23.2. The summed E-state index contributed by atoms with van der Waals surface area (Å²) in [5, 5.41) is 17.4. The van der Waals surface area contributed by atoms with Crippen LogP contribution in [0.25, 0.3) is 5.57 Å². The summed E-state index contributed by atoms with van der Waals surface area (Å²) in [5.74, 6) is -0.701. The van der Waals surface area contributed by atoms with Crippen LogP contribution in [-0.4, -0.2) is 52.3 Å². The van der Waals surface area contributed by atoms with Crippen LogP contribution in [0.2, 0.25) is 0 Å². The van der Waals surface area contributed by atoms with Crippen LogP contribution in [-0.2, 0) is 16.1 Å². The minimum Gasteiger partial charge on any atom is -0.465 e. The van der Waals surface area contributed by atoms with E-state index in [4.69, 9.17) is 15.1 Å². The van der Waals surface area contributed by atoms with Crippen molar-refractivity contribution in [1.29, 1.82) is 5.41 Å². The highest BCUT2D eigenvalue weighted by atomic mass is 16.5. The van der Waals surface area contributed by atoms with Gasteiger partial charge in [-0.2, -0.15) is 0 Å². The molecule has 0 bridgehead atoms. The number of rotatable bonds is 9. The fraction of sp³-hybridized carbons (Fsp3) is 0.464. The lowest BCUT2D eigenvalue weighted by atomic mass is 9.82. The second-order valence-corrected chi connectivity index (χ2v) is 10.8. The van der Waals surface area contributed by atoms with Crippen LogP contribution in [0.3, 0.4) is 0 Å². The van der Waals surface area contributed by atoms with E-state index in [-0.39, 0.29) is 53.3 Å². The van der Waals surface area contributed by atoms with Crippen molar-refractivity contribution in [3.05, 3.63) is 62.2 Å². The molecule has 0 saturated carbocycles. The molecule has 0 saturated heterocycles. The van der Waals surface area contributed by atoms with E-state index in [1.54, 1.807) is 19.9 Å². The summed E-state index contributed by atoms with van der Waals surface area (Å²) in [7, 11) is 0. The number of carbonyl (C=O) groups is 2. The lowest BCUT2D eigenvalue weighted by molar-refractivity contribution is -0.140. The molecule has 10 heteroatoms. The molecule has 0 atom stereocenters. The number of hydrogen-bond donors (Lipinski definition) is 5. The molecule has 38 heavy (non-hydrogen) atoms. The molecule has 5 N–H and O–H groups in total. The van der Waals surface area contributed by atoms with Crippen molar-refractivity contribution in [2.24, 2.45) is 0 Å². The largest absolute Gasteiger partial charge is 0.465 e. The number of pyridine rings is 2. The van der Waals surface area contributed by atoms with Crippen LogP contribution in [0.5, 0.6) is 0 Å². The number of aromatic nitrogens is 2. The smallest absolute Gasteiger partial charge is 0.325 e. The van der Waals surface area contributed by atoms with E-state index in [1.165, 1.54) is 0 Å². The van der Waals surface area contributed by atoms with Crippen LogP contribution in [0.4, 0.5) is 5.82 Å². The van der Waals surface area contributed by atoms with Crippen molar-refractivity contribution in [3.63, 3.8) is 0 Å². The van der Waals surface area contributed by atoms with Gasteiger partial charge in [-0.1, -0.05) is 6.08 Å². The lowest BCUT2D eigenvalue weighted by Crippen LogP contribution is -2.53. The van der Waals surface area contributed by atoms with E-state index in [0.29, 0.717) is 17.7 Å². The summed E-state index contributed by atoms with van der Waals surface area (Å²) in [6, 6.07) is 3.52. The van der Waals surface area contributed by atoms with Gasteiger partial charge in [-0.25, -0.2) is 4.98 Å². The van der Waals surface area contributed by atoms with E-state index >= 15 is 0 Å². The molecular formula is C28H38N6O4. The SMILES string of the molecule is CCOC(=O)CNc1nc(C2=CC(C)(C)NC(C)(C)C2)cc(C(=O)NCc2c(C)cc(C)[nH]c2=O)c1C=N. The lowest BCUT2D eigenvalue weighted by Gasteiger charge is -2.41. The molecule has 204 valence electrons. The van der Waals surface area contributed by atoms with Gasteiger partial charge in [-0.3, -0.25) is 14.4 Å². The van der Waals surface area contributed by atoms with Gasteiger partial charge in [0, 0.05) is 40.7 Å². The topological polar surface area (TPSA) is 149 Å². The summed E-state index contributed by atoms with van der Waals surface area (Å²) < 4.78 is 5.02. The highest BCUT2D eigenvalue weighted by Crippen LogP contribution is 2.34. The first-order chi connectivity index (χ1) is 17.7. The third kappa shape index (κ3) is 6.95. The molecule has 1 aliphatic heterocycles. The fourth-order valence-corrected chi connectivity index (χ4v) is 5.00. The van der Waals surface area contributed by atoms with E-state index < -0.39 is 11.9 Å². The van der Waals surface area contributed by atoms with Gasteiger partial charge in [0.25, 0.3) is 11.5 Å². The zero-order chi connectivity index (χ0) is 28.3. The molecule has 0 unspecified atom stereocenters. The quantitative estimate of drug-likeness (QED) is 0.251. The average molecular weight is 523 g/mol. The number of carbonyl (C=O) groups excluding carboxylic acids is 2. The number of aryl methyl sites for hydroxylation is 2. The summed E-state index contributed by atoms with van der Waals surface area (Å²) in [4.78, 5) is 45.4. The number of ether oxygens (including phenoxy) is 1. The molecule has 0 fully saturated rings. The maximum absolute atomic E-state index is 13.5. The number of esters is 1. The van der Waals surface area contributed by atoms with Crippen LogP contribution in [0.15, 0.2) is 23.0 Å². The molecule has 2 aromatic rings. The third-order valence-corrected chi connectivity index (χ3v) is 6.23. The number of H-pyrrole nitrogens is 1. The Balaban J connectivity index is 2.05. The number of nitrogens with one attached hydrogen (secondary N) is 5. The number of nitrogens with zero attached hydrogens (tertiary/aromatic N) is 1. The summed E-state index contributed by atoms with van der Waals surface area (Å²) in [6.45, 7) is 13.8. The van der Waals surface area contributed by atoms with Gasteiger partial charge in [-0.05, 0) is 78.2 Å². The van der Waals surface area contributed by atoms with E-state index in [9.17, 15) is 14.4 Å². The Hall–Kier alpha value is -3.79. The molecule has 3 rings (SSSR count). The molecule has 0 spiro atoms. The Morgan fingerprint density at radius 1 is 1.21 bits per heavy atom. The number of anilines is 1. The highest BCUT2D eigenvalue weighted by molar-refractivity contribution is 6.05. The molecule has 1 aliphatic rings. The minimum absolute atomic E-state index is 0.0215. The first-order valence-electron chi connectivity index (χ1n) is 12.7. The molecule has 2 aromatic heterocycles. The molecule has 0 aromatic carbocycles. The van der Waals surface area contributed by atoms with Crippen LogP contribution in [0.1, 0.15) is 79.5 Å². The van der Waals surface area contributed by atoms with Crippen LogP contribution < -0.4 is 21.5 Å². The van der Waals surface area contributed by atoms with Gasteiger partial charge in [0.05, 0.1) is 17.9 Å². The molecule has 0 aliphatic carbocycles. The molecule has 10 nitrogen and oxygen atoms in total. The average Bonchev–Trinajstić information content (AvgIpc) is 2.79. The van der Waals surface area contributed by atoms with Gasteiger partial charge >= 0.3 is 5.97 Å². The Labute approximate surface area is 223 Å². The second-order valence-electron chi connectivity index (χ2n) is 10.8. The Bertz CT molecular complexity index is 1340.